The Balaban J connectivity index is 1.78. The number of rotatable bonds is 7. The van der Waals surface area contributed by atoms with Gasteiger partial charge >= 0.3 is 0 Å². The molecule has 1 heterocycles. The van der Waals surface area contributed by atoms with Gasteiger partial charge in [-0.25, -0.2) is 0 Å². The van der Waals surface area contributed by atoms with E-state index in [4.69, 9.17) is 9.47 Å². The van der Waals surface area contributed by atoms with Gasteiger partial charge in [-0.15, -0.1) is 0 Å². The van der Waals surface area contributed by atoms with Crippen molar-refractivity contribution in [1.29, 1.82) is 0 Å². The van der Waals surface area contributed by atoms with Gasteiger partial charge in [0, 0.05) is 5.56 Å². The summed E-state index contributed by atoms with van der Waals surface area (Å²) in [5.41, 5.74) is 1.15. The van der Waals surface area contributed by atoms with Crippen LogP contribution in [0.4, 0.5) is 4.79 Å². The van der Waals surface area contributed by atoms with Gasteiger partial charge in [-0.1, -0.05) is 36.4 Å². The van der Waals surface area contributed by atoms with Crippen molar-refractivity contribution >= 4 is 34.8 Å². The third kappa shape index (κ3) is 4.26. The number of Topliss-reactive ketones (excluding diaryl/α,β-unsaturated/α-hetero) is 1. The van der Waals surface area contributed by atoms with Gasteiger partial charge in [0.1, 0.15) is 0 Å². The van der Waals surface area contributed by atoms with Crippen molar-refractivity contribution in [3.8, 4) is 11.5 Å². The number of benzene rings is 2. The first-order chi connectivity index (χ1) is 13.5. The number of amides is 2. The average molecular weight is 397 g/mol. The molecule has 0 radical (unpaired) electrons. The van der Waals surface area contributed by atoms with Gasteiger partial charge in [-0.05, 0) is 42.5 Å². The van der Waals surface area contributed by atoms with E-state index in [9.17, 15) is 14.4 Å². The maximum absolute atomic E-state index is 12.6. The molecule has 2 aromatic carbocycles. The highest BCUT2D eigenvalue weighted by Crippen LogP contribution is 2.34. The normalized spacial score (nSPS) is 15.2. The minimum atomic E-state index is -0.480. The molecule has 0 bridgehead atoms. The largest absolute Gasteiger partial charge is 0.493 e. The minimum absolute atomic E-state index is 0.261. The lowest BCUT2D eigenvalue weighted by Gasteiger charge is -2.11. The molecule has 0 saturated carbocycles. The van der Waals surface area contributed by atoms with E-state index >= 15 is 0 Å². The number of thioether (sulfide) groups is 1. The fourth-order valence-electron chi connectivity index (χ4n) is 2.70. The fraction of sp³-hybridized carbons (Fsp3) is 0.190. The number of methoxy groups -OCH3 is 1. The van der Waals surface area contributed by atoms with Crippen LogP contribution < -0.4 is 9.47 Å². The Kier molecular flexibility index (Phi) is 6.16. The van der Waals surface area contributed by atoms with E-state index in [2.05, 4.69) is 0 Å². The van der Waals surface area contributed by atoms with Crippen LogP contribution in [-0.2, 0) is 4.79 Å². The van der Waals surface area contributed by atoms with Crippen molar-refractivity contribution in [1.82, 2.24) is 4.90 Å². The van der Waals surface area contributed by atoms with Crippen LogP contribution in [0.25, 0.3) is 6.08 Å². The van der Waals surface area contributed by atoms with Gasteiger partial charge in [0.15, 0.2) is 17.3 Å². The molecule has 0 atom stereocenters. The summed E-state index contributed by atoms with van der Waals surface area (Å²) >= 11 is 0.816. The second-order valence-electron chi connectivity index (χ2n) is 5.90. The minimum Gasteiger partial charge on any atom is -0.493 e. The van der Waals surface area contributed by atoms with Crippen LogP contribution in [0.5, 0.6) is 11.5 Å². The smallest absolute Gasteiger partial charge is 0.293 e. The third-order valence-electron chi connectivity index (χ3n) is 4.06. The van der Waals surface area contributed by atoms with Crippen LogP contribution in [0, 0.1) is 0 Å². The molecule has 6 nitrogen and oxygen atoms in total. The number of nitrogens with zero attached hydrogens (tertiary/aromatic N) is 1. The van der Waals surface area contributed by atoms with Crippen LogP contribution in [0.15, 0.2) is 53.4 Å². The highest BCUT2D eigenvalue weighted by atomic mass is 32.2. The Bertz CT molecular complexity index is 939. The molecule has 0 spiro atoms. The van der Waals surface area contributed by atoms with Gasteiger partial charge in [0.2, 0.25) is 0 Å². The van der Waals surface area contributed by atoms with E-state index in [1.807, 2.05) is 6.92 Å². The van der Waals surface area contributed by atoms with Crippen molar-refractivity contribution in [2.45, 2.75) is 6.92 Å². The first kappa shape index (κ1) is 19.7. The van der Waals surface area contributed by atoms with E-state index in [0.29, 0.717) is 29.2 Å². The van der Waals surface area contributed by atoms with Gasteiger partial charge < -0.3 is 9.47 Å². The number of hydrogen-bond acceptors (Lipinski definition) is 6. The fourth-order valence-corrected chi connectivity index (χ4v) is 3.53. The van der Waals surface area contributed by atoms with Crippen molar-refractivity contribution in [3.63, 3.8) is 0 Å². The first-order valence-electron chi connectivity index (χ1n) is 8.68. The predicted octanol–water partition coefficient (Wildman–Crippen LogP) is 4.01. The summed E-state index contributed by atoms with van der Waals surface area (Å²) < 4.78 is 10.8. The van der Waals surface area contributed by atoms with Crippen LogP contribution in [0.3, 0.4) is 0 Å². The summed E-state index contributed by atoms with van der Waals surface area (Å²) in [7, 11) is 1.53. The lowest BCUT2D eigenvalue weighted by atomic mass is 10.1. The Hall–Kier alpha value is -3.06. The molecule has 2 amide bonds. The molecule has 0 unspecified atom stereocenters. The number of ketones is 1. The Labute approximate surface area is 167 Å². The molecule has 0 aliphatic carbocycles. The number of carbonyl (C=O) groups excluding carboxylic acids is 3. The molecule has 7 heteroatoms. The van der Waals surface area contributed by atoms with E-state index in [0.717, 1.165) is 16.7 Å². The molecule has 1 aliphatic rings. The van der Waals surface area contributed by atoms with Gasteiger partial charge in [-0.3, -0.25) is 19.3 Å². The van der Waals surface area contributed by atoms with Crippen LogP contribution in [0.2, 0.25) is 0 Å². The second-order valence-corrected chi connectivity index (χ2v) is 6.89. The maximum atomic E-state index is 12.6. The number of hydrogen-bond donors (Lipinski definition) is 0. The van der Waals surface area contributed by atoms with E-state index in [-0.39, 0.29) is 17.2 Å². The van der Waals surface area contributed by atoms with Gasteiger partial charge in [0.05, 0.1) is 25.2 Å². The van der Waals surface area contributed by atoms with E-state index in [1.165, 1.54) is 7.11 Å². The molecule has 0 N–H and O–H groups in total. The third-order valence-corrected chi connectivity index (χ3v) is 4.96. The molecular weight excluding hydrogens is 378 g/mol. The van der Waals surface area contributed by atoms with Crippen molar-refractivity contribution in [2.24, 2.45) is 0 Å². The van der Waals surface area contributed by atoms with Crippen LogP contribution in [0.1, 0.15) is 22.8 Å². The Morgan fingerprint density at radius 3 is 2.54 bits per heavy atom. The molecule has 28 heavy (non-hydrogen) atoms. The SMILES string of the molecule is CCOc1ccc(/C=C2/SC(=O)N(CC(=O)c3ccccc3)C2=O)cc1OC. The standard InChI is InChI=1S/C21H19NO5S/c1-3-27-17-10-9-14(11-18(17)26-2)12-19-20(24)22(21(25)28-19)13-16(23)15-7-5-4-6-8-15/h4-12H,3,13H2,1-2H3/b19-12+. The van der Waals surface area contributed by atoms with Crippen molar-refractivity contribution in [2.75, 3.05) is 20.3 Å². The summed E-state index contributed by atoms with van der Waals surface area (Å²) in [4.78, 5) is 38.4. The molecule has 3 rings (SSSR count). The molecule has 1 aliphatic heterocycles. The number of imide groups is 1. The average Bonchev–Trinajstić information content (AvgIpc) is 2.97. The Morgan fingerprint density at radius 1 is 1.11 bits per heavy atom. The summed E-state index contributed by atoms with van der Waals surface area (Å²) in [6.07, 6.45) is 1.61. The lowest BCUT2D eigenvalue weighted by Crippen LogP contribution is -2.33. The molecule has 1 fully saturated rings. The van der Waals surface area contributed by atoms with Gasteiger partial charge in [0.25, 0.3) is 11.1 Å². The first-order valence-corrected chi connectivity index (χ1v) is 9.49. The zero-order valence-electron chi connectivity index (χ0n) is 15.5. The summed E-state index contributed by atoms with van der Waals surface area (Å²) in [6.45, 7) is 2.10. The molecule has 144 valence electrons. The van der Waals surface area contributed by atoms with Gasteiger partial charge in [-0.2, -0.15) is 0 Å². The van der Waals surface area contributed by atoms with Crippen LogP contribution >= 0.6 is 11.8 Å². The zero-order chi connectivity index (χ0) is 20.1. The van der Waals surface area contributed by atoms with E-state index in [1.54, 1.807) is 54.6 Å². The zero-order valence-corrected chi connectivity index (χ0v) is 16.3. The molecule has 0 aromatic heterocycles. The quantitative estimate of drug-likeness (QED) is 0.519. The maximum Gasteiger partial charge on any atom is 0.293 e. The van der Waals surface area contributed by atoms with Crippen molar-refractivity contribution in [3.05, 3.63) is 64.6 Å². The van der Waals surface area contributed by atoms with Crippen molar-refractivity contribution < 1.29 is 23.9 Å². The Morgan fingerprint density at radius 2 is 1.86 bits per heavy atom. The molecule has 2 aromatic rings. The summed E-state index contributed by atoms with van der Waals surface area (Å²) in [5.74, 6) is 0.372. The predicted molar refractivity (Wildman–Crippen MR) is 108 cm³/mol. The number of carbonyl (C=O) groups is 3. The highest BCUT2D eigenvalue weighted by molar-refractivity contribution is 8.18. The highest BCUT2D eigenvalue weighted by Gasteiger charge is 2.36. The number of ether oxygens (including phenoxy) is 2. The lowest BCUT2D eigenvalue weighted by molar-refractivity contribution is -0.122. The van der Waals surface area contributed by atoms with Crippen LogP contribution in [-0.4, -0.2) is 42.1 Å². The van der Waals surface area contributed by atoms with E-state index < -0.39 is 11.1 Å². The molecule has 1 saturated heterocycles. The summed E-state index contributed by atoms with van der Waals surface area (Å²) in [5, 5.41) is -0.460. The monoisotopic (exact) mass is 397 g/mol. The second kappa shape index (κ2) is 8.75. The topological polar surface area (TPSA) is 72.9 Å². The summed E-state index contributed by atoms with van der Waals surface area (Å²) in [6, 6.07) is 13.8. The molecular formula is C21H19NO5S.